The van der Waals surface area contributed by atoms with Gasteiger partial charge in [-0.2, -0.15) is 5.48 Å². The van der Waals surface area contributed by atoms with Crippen molar-refractivity contribution < 1.29 is 23.6 Å². The van der Waals surface area contributed by atoms with Gasteiger partial charge >= 0.3 is 0 Å². The van der Waals surface area contributed by atoms with E-state index in [2.05, 4.69) is 16.1 Å². The first-order chi connectivity index (χ1) is 12.9. The minimum Gasteiger partial charge on any atom is -0.484 e. The monoisotopic (exact) mass is 397 g/mol. The molecule has 27 heavy (non-hydrogen) atoms. The topological polar surface area (TPSA) is 88.7 Å². The van der Waals surface area contributed by atoms with Crippen molar-refractivity contribution in [3.05, 3.63) is 29.0 Å². The average Bonchev–Trinajstić information content (AvgIpc) is 3.09. The number of hydrogen-bond acceptors (Lipinski definition) is 5. The Morgan fingerprint density at radius 1 is 1.37 bits per heavy atom. The second-order valence-corrected chi connectivity index (χ2v) is 8.07. The highest BCUT2D eigenvalue weighted by atomic mass is 35.5. The van der Waals surface area contributed by atoms with Gasteiger partial charge in [-0.25, -0.2) is 4.39 Å². The molecule has 9 heteroatoms. The molecule has 2 bridgehead atoms. The van der Waals surface area contributed by atoms with E-state index in [1.54, 1.807) is 0 Å². The summed E-state index contributed by atoms with van der Waals surface area (Å²) in [4.78, 5) is 29.5. The van der Waals surface area contributed by atoms with E-state index < -0.39 is 5.82 Å². The molecule has 3 N–H and O–H groups in total. The molecule has 0 aromatic heterocycles. The standard InChI is InChI=1S/C18H21ClFN3O4/c19-13-2-1-12(5-14(13)20)26-7-15(24)22-18-8-17(9-18,10-18)16(25)21-6-11-3-4-27-23-11/h1-2,5,11,23H,3-4,6-10H2,(H,21,25)(H,22,24). The first kappa shape index (κ1) is 18.5. The zero-order chi connectivity index (χ0) is 19.1. The van der Waals surface area contributed by atoms with Crippen LogP contribution in [0.2, 0.25) is 5.02 Å². The Morgan fingerprint density at radius 2 is 2.15 bits per heavy atom. The Bertz CT molecular complexity index is 749. The van der Waals surface area contributed by atoms with Crippen molar-refractivity contribution in [2.45, 2.75) is 37.3 Å². The Kier molecular flexibility index (Phi) is 4.73. The Balaban J connectivity index is 1.19. The lowest BCUT2D eigenvalue weighted by Crippen LogP contribution is -2.78. The summed E-state index contributed by atoms with van der Waals surface area (Å²) in [5, 5.41) is 5.90. The Labute approximate surface area is 160 Å². The molecule has 1 aromatic carbocycles. The van der Waals surface area contributed by atoms with E-state index in [-0.39, 0.29) is 46.2 Å². The van der Waals surface area contributed by atoms with Crippen LogP contribution in [0.1, 0.15) is 25.7 Å². The maximum absolute atomic E-state index is 13.4. The largest absolute Gasteiger partial charge is 0.484 e. The van der Waals surface area contributed by atoms with E-state index in [4.69, 9.17) is 21.2 Å². The van der Waals surface area contributed by atoms with Crippen molar-refractivity contribution in [2.24, 2.45) is 5.41 Å². The van der Waals surface area contributed by atoms with Crippen LogP contribution < -0.4 is 20.9 Å². The Hall–Kier alpha value is -1.90. The molecule has 1 heterocycles. The fraction of sp³-hybridized carbons (Fsp3) is 0.556. The summed E-state index contributed by atoms with van der Waals surface area (Å²) in [7, 11) is 0. The van der Waals surface area contributed by atoms with Gasteiger partial charge < -0.3 is 20.2 Å². The molecule has 5 rings (SSSR count). The molecule has 1 aromatic rings. The smallest absolute Gasteiger partial charge is 0.258 e. The number of carbonyl (C=O) groups is 2. The molecule has 4 fully saturated rings. The number of carbonyl (C=O) groups excluding carboxylic acids is 2. The fourth-order valence-electron chi connectivity index (χ4n) is 4.19. The summed E-state index contributed by atoms with van der Waals surface area (Å²) in [6.07, 6.45) is 2.80. The predicted molar refractivity (Wildman–Crippen MR) is 94.6 cm³/mol. The predicted octanol–water partition coefficient (Wildman–Crippen LogP) is 1.31. The van der Waals surface area contributed by atoms with Crippen molar-refractivity contribution >= 4 is 23.4 Å². The Morgan fingerprint density at radius 3 is 2.81 bits per heavy atom. The summed E-state index contributed by atoms with van der Waals surface area (Å²) < 4.78 is 18.7. The molecule has 1 unspecified atom stereocenters. The zero-order valence-corrected chi connectivity index (χ0v) is 15.4. The quantitative estimate of drug-likeness (QED) is 0.645. The van der Waals surface area contributed by atoms with E-state index in [1.807, 2.05) is 0 Å². The highest BCUT2D eigenvalue weighted by Crippen LogP contribution is 2.67. The van der Waals surface area contributed by atoms with Crippen molar-refractivity contribution in [3.63, 3.8) is 0 Å². The number of amides is 2. The summed E-state index contributed by atoms with van der Waals surface area (Å²) in [5.41, 5.74) is 2.20. The molecule has 3 aliphatic carbocycles. The number of halogens is 2. The van der Waals surface area contributed by atoms with Crippen LogP contribution >= 0.6 is 11.6 Å². The third kappa shape index (κ3) is 3.61. The molecule has 2 amide bonds. The number of nitrogens with one attached hydrogen (secondary N) is 3. The van der Waals surface area contributed by atoms with Crippen LogP contribution in [0.15, 0.2) is 18.2 Å². The molecule has 146 valence electrons. The van der Waals surface area contributed by atoms with Crippen molar-refractivity contribution in [1.82, 2.24) is 16.1 Å². The third-order valence-corrected chi connectivity index (χ3v) is 5.81. The summed E-state index contributed by atoms with van der Waals surface area (Å²) in [6.45, 7) is 0.992. The van der Waals surface area contributed by atoms with Gasteiger partial charge in [-0.05, 0) is 37.8 Å². The lowest BCUT2D eigenvalue weighted by Gasteiger charge is -2.69. The molecule has 1 aliphatic heterocycles. The van der Waals surface area contributed by atoms with E-state index >= 15 is 0 Å². The van der Waals surface area contributed by atoms with E-state index in [0.717, 1.165) is 12.5 Å². The third-order valence-electron chi connectivity index (χ3n) is 5.50. The van der Waals surface area contributed by atoms with Gasteiger partial charge in [0.1, 0.15) is 11.6 Å². The highest BCUT2D eigenvalue weighted by Gasteiger charge is 2.72. The van der Waals surface area contributed by atoms with E-state index in [9.17, 15) is 14.0 Å². The summed E-state index contributed by atoms with van der Waals surface area (Å²) in [6, 6.07) is 4.18. The van der Waals surface area contributed by atoms with Crippen molar-refractivity contribution in [2.75, 3.05) is 19.8 Å². The van der Waals surface area contributed by atoms with Crippen LogP contribution in [0.4, 0.5) is 4.39 Å². The second kappa shape index (κ2) is 6.92. The molecule has 3 saturated carbocycles. The van der Waals surface area contributed by atoms with Crippen LogP contribution in [0.3, 0.4) is 0 Å². The number of ether oxygens (including phenoxy) is 1. The number of rotatable bonds is 7. The fourth-order valence-corrected chi connectivity index (χ4v) is 4.31. The molecule has 1 atom stereocenters. The number of hydrogen-bond donors (Lipinski definition) is 3. The number of benzene rings is 1. The van der Waals surface area contributed by atoms with Gasteiger partial charge in [0.2, 0.25) is 5.91 Å². The van der Waals surface area contributed by atoms with Gasteiger partial charge in [-0.15, -0.1) is 0 Å². The minimum absolute atomic E-state index is 0.000446. The van der Waals surface area contributed by atoms with Gasteiger partial charge in [0.05, 0.1) is 23.1 Å². The molecule has 0 radical (unpaired) electrons. The van der Waals surface area contributed by atoms with E-state index in [1.165, 1.54) is 12.1 Å². The van der Waals surface area contributed by atoms with Gasteiger partial charge in [0, 0.05) is 18.2 Å². The molecule has 1 saturated heterocycles. The lowest BCUT2D eigenvalue weighted by atomic mass is 9.39. The molecular formula is C18H21ClFN3O4. The normalized spacial score (nSPS) is 30.8. The highest BCUT2D eigenvalue weighted by molar-refractivity contribution is 6.30. The molecule has 7 nitrogen and oxygen atoms in total. The molecular weight excluding hydrogens is 377 g/mol. The summed E-state index contributed by atoms with van der Waals surface area (Å²) in [5.74, 6) is -0.599. The molecule has 0 spiro atoms. The van der Waals surface area contributed by atoms with Gasteiger partial charge in [0.25, 0.3) is 5.91 Å². The molecule has 4 aliphatic rings. The first-order valence-corrected chi connectivity index (χ1v) is 9.32. The maximum atomic E-state index is 13.4. The van der Waals surface area contributed by atoms with Crippen LogP contribution in [0, 0.1) is 11.2 Å². The average molecular weight is 398 g/mol. The SMILES string of the molecule is O=C(COc1ccc(Cl)c(F)c1)NC12CC(C(=O)NCC3CCON3)(C1)C2. The van der Waals surface area contributed by atoms with Gasteiger partial charge in [-0.3, -0.25) is 9.59 Å². The van der Waals surface area contributed by atoms with Crippen LogP contribution in [0.25, 0.3) is 0 Å². The van der Waals surface area contributed by atoms with Crippen molar-refractivity contribution in [3.8, 4) is 5.75 Å². The lowest BCUT2D eigenvalue weighted by molar-refractivity contribution is -0.184. The second-order valence-electron chi connectivity index (χ2n) is 7.67. The summed E-state index contributed by atoms with van der Waals surface area (Å²) >= 11 is 5.61. The van der Waals surface area contributed by atoms with Gasteiger partial charge in [0.15, 0.2) is 6.61 Å². The van der Waals surface area contributed by atoms with Crippen LogP contribution in [-0.4, -0.2) is 43.2 Å². The zero-order valence-electron chi connectivity index (χ0n) is 14.6. The maximum Gasteiger partial charge on any atom is 0.258 e. The van der Waals surface area contributed by atoms with Crippen LogP contribution in [-0.2, 0) is 14.4 Å². The number of hydroxylamine groups is 1. The first-order valence-electron chi connectivity index (χ1n) is 8.94. The van der Waals surface area contributed by atoms with Crippen molar-refractivity contribution in [1.29, 1.82) is 0 Å². The van der Waals surface area contributed by atoms with Crippen LogP contribution in [0.5, 0.6) is 5.75 Å². The van der Waals surface area contributed by atoms with Gasteiger partial charge in [-0.1, -0.05) is 11.6 Å². The van der Waals surface area contributed by atoms with E-state index in [0.29, 0.717) is 32.4 Å². The minimum atomic E-state index is -0.596.